The van der Waals surface area contributed by atoms with Crippen LogP contribution in [0.5, 0.6) is 5.75 Å². The molecule has 77 heavy (non-hydrogen) atoms. The molecule has 1 unspecified atom stereocenters. The average Bonchev–Trinajstić information content (AvgIpc) is 3.76. The Morgan fingerprint density at radius 2 is 1.49 bits per heavy atom. The number of aromatic nitrogens is 2. The van der Waals surface area contributed by atoms with Gasteiger partial charge in [0.05, 0.1) is 93.9 Å². The van der Waals surface area contributed by atoms with Crippen LogP contribution in [-0.4, -0.2) is 203 Å². The first-order valence-corrected chi connectivity index (χ1v) is 26.6. The number of imide groups is 2. The van der Waals surface area contributed by atoms with Crippen molar-refractivity contribution in [1.29, 1.82) is 0 Å². The highest BCUT2D eigenvalue weighted by molar-refractivity contribution is 6.31. The van der Waals surface area contributed by atoms with Gasteiger partial charge in [-0.2, -0.15) is 0 Å². The molecular formula is C54H68ClFN10O11. The lowest BCUT2D eigenvalue weighted by molar-refractivity contribution is -0.136. The summed E-state index contributed by atoms with van der Waals surface area (Å²) in [6, 6.07) is 12.3. The van der Waals surface area contributed by atoms with Gasteiger partial charge in [-0.15, -0.1) is 0 Å². The number of halogens is 2. The number of anilines is 4. The third-order valence-corrected chi connectivity index (χ3v) is 14.1. The molecule has 0 spiro atoms. The topological polar surface area (TPSA) is 228 Å². The van der Waals surface area contributed by atoms with Gasteiger partial charge in [-0.25, -0.2) is 14.4 Å². The van der Waals surface area contributed by atoms with Crippen LogP contribution in [0.25, 0.3) is 10.9 Å². The molecule has 1 aromatic heterocycles. The minimum atomic E-state index is -1.02. The summed E-state index contributed by atoms with van der Waals surface area (Å²) in [6.07, 6.45) is 8.20. The zero-order valence-electron chi connectivity index (χ0n) is 43.4. The van der Waals surface area contributed by atoms with Gasteiger partial charge in [0.1, 0.15) is 29.8 Å². The largest absolute Gasteiger partial charge is 0.494 e. The molecule has 4 aromatic rings. The van der Waals surface area contributed by atoms with E-state index in [9.17, 15) is 28.4 Å². The Kier molecular flexibility index (Phi) is 21.4. The Morgan fingerprint density at radius 1 is 0.792 bits per heavy atom. The van der Waals surface area contributed by atoms with Crippen molar-refractivity contribution < 1.29 is 56.8 Å². The number of methoxy groups -OCH3 is 1. The van der Waals surface area contributed by atoms with Crippen molar-refractivity contribution in [3.05, 3.63) is 89.0 Å². The molecule has 23 heteroatoms. The maximum atomic E-state index is 13.7. The lowest BCUT2D eigenvalue weighted by Gasteiger charge is -2.42. The Labute approximate surface area is 452 Å². The maximum absolute atomic E-state index is 13.7. The van der Waals surface area contributed by atoms with Crippen molar-refractivity contribution in [2.75, 3.05) is 148 Å². The van der Waals surface area contributed by atoms with E-state index in [4.69, 9.17) is 40.0 Å². The third-order valence-electron chi connectivity index (χ3n) is 13.8. The fourth-order valence-electron chi connectivity index (χ4n) is 9.76. The van der Waals surface area contributed by atoms with Gasteiger partial charge in [0.25, 0.3) is 11.8 Å². The summed E-state index contributed by atoms with van der Waals surface area (Å²) in [5, 5.41) is 12.1. The fraction of sp³-hybridized carbons (Fsp3) is 0.500. The van der Waals surface area contributed by atoms with E-state index < -0.39 is 35.5 Å². The van der Waals surface area contributed by atoms with E-state index in [-0.39, 0.29) is 34.9 Å². The van der Waals surface area contributed by atoms with E-state index in [0.29, 0.717) is 125 Å². The molecule has 0 saturated carbocycles. The summed E-state index contributed by atoms with van der Waals surface area (Å²) in [6.45, 7) is 12.9. The SMILES string of the molecule is COc1cc2ncnc(Nc3ccc(F)c(Cl)c3)c2cc1NC(=O)/C=C/CN1CCC(N2CCN(CCCOCCOCCOCCOCCOCCNc3cccc4c3C(=O)N(C3CCC(=O)NC3=O)C4=O)CC2)CC1. The van der Waals surface area contributed by atoms with Crippen LogP contribution < -0.4 is 26.0 Å². The van der Waals surface area contributed by atoms with Crippen molar-refractivity contribution in [2.45, 2.75) is 44.2 Å². The maximum Gasteiger partial charge on any atom is 0.264 e. The van der Waals surface area contributed by atoms with Gasteiger partial charge in [-0.1, -0.05) is 23.7 Å². The summed E-state index contributed by atoms with van der Waals surface area (Å²) in [7, 11) is 1.53. The highest BCUT2D eigenvalue weighted by atomic mass is 35.5. The Balaban J connectivity index is 0.590. The molecule has 414 valence electrons. The predicted molar refractivity (Wildman–Crippen MR) is 286 cm³/mol. The molecule has 1 atom stereocenters. The Bertz CT molecular complexity index is 2710. The van der Waals surface area contributed by atoms with Crippen molar-refractivity contribution in [3.8, 4) is 5.75 Å². The van der Waals surface area contributed by atoms with E-state index in [1.807, 2.05) is 6.08 Å². The number of carbonyl (C=O) groups is 5. The number of nitrogens with one attached hydrogen (secondary N) is 4. The number of piperazine rings is 1. The molecule has 0 aliphatic carbocycles. The average molecular weight is 1090 g/mol. The highest BCUT2D eigenvalue weighted by Gasteiger charge is 2.45. The molecule has 21 nitrogen and oxygen atoms in total. The number of fused-ring (bicyclic) bond motifs is 2. The number of piperidine rings is 2. The van der Waals surface area contributed by atoms with Gasteiger partial charge in [0.15, 0.2) is 0 Å². The zero-order chi connectivity index (χ0) is 53.9. The van der Waals surface area contributed by atoms with E-state index in [2.05, 4.69) is 45.9 Å². The number of likely N-dealkylation sites (tertiary alicyclic amines) is 1. The smallest absolute Gasteiger partial charge is 0.264 e. The van der Waals surface area contributed by atoms with Gasteiger partial charge in [0.2, 0.25) is 17.7 Å². The minimum Gasteiger partial charge on any atom is -0.494 e. The van der Waals surface area contributed by atoms with Gasteiger partial charge < -0.3 is 49.3 Å². The second-order valence-electron chi connectivity index (χ2n) is 18.9. The summed E-state index contributed by atoms with van der Waals surface area (Å²) in [5.74, 6) is -2.05. The number of ether oxygens (including phenoxy) is 6. The van der Waals surface area contributed by atoms with Crippen LogP contribution in [0.1, 0.15) is 52.8 Å². The molecule has 0 bridgehead atoms. The van der Waals surface area contributed by atoms with Gasteiger partial charge in [0, 0.05) is 93.8 Å². The van der Waals surface area contributed by atoms with Gasteiger partial charge >= 0.3 is 0 Å². The Morgan fingerprint density at radius 3 is 2.18 bits per heavy atom. The molecule has 5 amide bonds. The molecule has 8 rings (SSSR count). The van der Waals surface area contributed by atoms with Crippen LogP contribution >= 0.6 is 11.6 Å². The highest BCUT2D eigenvalue weighted by Crippen LogP contribution is 2.35. The van der Waals surface area contributed by atoms with Gasteiger partial charge in [-0.05, 0) is 75.2 Å². The summed E-state index contributed by atoms with van der Waals surface area (Å²) in [5.41, 5.74) is 2.52. The first-order chi connectivity index (χ1) is 37.6. The van der Waals surface area contributed by atoms with Crippen LogP contribution in [0, 0.1) is 5.82 Å². The molecule has 3 fully saturated rings. The molecule has 4 aliphatic rings. The standard InChI is InChI=1S/C54H68ClFN10O11/c1-72-47-35-44-40(51(59-36-58-44)60-37-8-9-42(56)41(55)33-37)34-45(47)61-48(67)7-3-15-63-17-12-38(13-18-63)65-21-19-64(20-22-65)16-4-23-73-25-27-75-29-31-77-32-30-76-28-26-74-24-14-57-43-6-2-5-39-50(43)54(71)66(53(39)70)46-10-11-49(68)62-52(46)69/h2-3,5-9,33-36,38,46,57H,4,10-32H2,1H3,(H,61,67)(H,58,59,60)(H,62,68,69)/b7-3+. The lowest BCUT2D eigenvalue weighted by Crippen LogP contribution is -2.54. The third kappa shape index (κ3) is 16.0. The molecule has 0 radical (unpaired) electrons. The molecule has 5 heterocycles. The quantitative estimate of drug-likeness (QED) is 0.0327. The first kappa shape index (κ1) is 57.0. The van der Waals surface area contributed by atoms with Crippen molar-refractivity contribution in [2.24, 2.45) is 0 Å². The number of hydrogen-bond donors (Lipinski definition) is 4. The second-order valence-corrected chi connectivity index (χ2v) is 19.3. The van der Waals surface area contributed by atoms with Crippen molar-refractivity contribution >= 4 is 74.9 Å². The van der Waals surface area contributed by atoms with E-state index >= 15 is 0 Å². The van der Waals surface area contributed by atoms with Crippen LogP contribution in [0.4, 0.5) is 27.3 Å². The number of carbonyl (C=O) groups excluding carboxylic acids is 5. The predicted octanol–water partition coefficient (Wildman–Crippen LogP) is 4.74. The van der Waals surface area contributed by atoms with Crippen LogP contribution in [0.3, 0.4) is 0 Å². The number of hydrogen-bond acceptors (Lipinski definition) is 18. The van der Waals surface area contributed by atoms with E-state index in [0.717, 1.165) is 70.0 Å². The molecule has 3 aromatic carbocycles. The molecular weight excluding hydrogens is 1020 g/mol. The first-order valence-electron chi connectivity index (χ1n) is 26.2. The molecule has 4 N–H and O–H groups in total. The fourth-order valence-corrected chi connectivity index (χ4v) is 9.94. The molecule has 4 aliphatic heterocycles. The van der Waals surface area contributed by atoms with Gasteiger partial charge in [-0.3, -0.25) is 44.0 Å². The number of benzene rings is 3. The van der Waals surface area contributed by atoms with Crippen LogP contribution in [0.2, 0.25) is 5.02 Å². The number of nitrogens with zero attached hydrogens (tertiary/aromatic N) is 6. The Hall–Kier alpha value is -6.21. The minimum absolute atomic E-state index is 0.0143. The summed E-state index contributed by atoms with van der Waals surface area (Å²) in [4.78, 5) is 80.5. The van der Waals surface area contributed by atoms with E-state index in [1.54, 1.807) is 42.5 Å². The number of amides is 5. The monoisotopic (exact) mass is 1090 g/mol. The summed E-state index contributed by atoms with van der Waals surface area (Å²) >= 11 is 5.98. The molecule has 3 saturated heterocycles. The van der Waals surface area contributed by atoms with Crippen LogP contribution in [-0.2, 0) is 38.1 Å². The number of rotatable bonds is 29. The second kappa shape index (κ2) is 29.0. The van der Waals surface area contributed by atoms with E-state index in [1.165, 1.54) is 25.6 Å². The van der Waals surface area contributed by atoms with Crippen molar-refractivity contribution in [3.63, 3.8) is 0 Å². The summed E-state index contributed by atoms with van der Waals surface area (Å²) < 4.78 is 47.6. The lowest BCUT2D eigenvalue weighted by atomic mass is 10.0. The zero-order valence-corrected chi connectivity index (χ0v) is 44.2. The normalized spacial score (nSPS) is 17.9. The van der Waals surface area contributed by atoms with Crippen molar-refractivity contribution in [1.82, 2.24) is 34.9 Å². The van der Waals surface area contributed by atoms with Crippen LogP contribution in [0.15, 0.2) is 67.0 Å².